The highest BCUT2D eigenvalue weighted by molar-refractivity contribution is 5.52. The topological polar surface area (TPSA) is 39.7 Å². The Morgan fingerprint density at radius 1 is 1.11 bits per heavy atom. The molecule has 0 amide bonds. The minimum absolute atomic E-state index is 0.292. The van der Waals surface area contributed by atoms with Crippen LogP contribution in [-0.2, 0) is 0 Å². The van der Waals surface area contributed by atoms with E-state index >= 15 is 0 Å². The predicted molar refractivity (Wildman–Crippen MR) is 75.2 cm³/mol. The monoisotopic (exact) mass is 265 g/mol. The Morgan fingerprint density at radius 2 is 1.74 bits per heavy atom. The molecule has 1 aliphatic rings. The van der Waals surface area contributed by atoms with Gasteiger partial charge in [0.25, 0.3) is 0 Å². The smallest absolute Gasteiger partial charge is 0.131 e. The molecule has 2 atom stereocenters. The average molecular weight is 265 g/mol. The number of hydrogen-bond acceptors (Lipinski definition) is 4. The van der Waals surface area contributed by atoms with Crippen LogP contribution >= 0.6 is 0 Å². The third-order valence-corrected chi connectivity index (χ3v) is 3.94. The Labute approximate surface area is 115 Å². The molecule has 0 saturated carbocycles. The van der Waals surface area contributed by atoms with Crippen molar-refractivity contribution in [2.24, 2.45) is 5.92 Å². The minimum Gasteiger partial charge on any atom is -0.496 e. The van der Waals surface area contributed by atoms with Gasteiger partial charge in [0.15, 0.2) is 0 Å². The van der Waals surface area contributed by atoms with Crippen molar-refractivity contribution in [1.82, 2.24) is 5.32 Å². The van der Waals surface area contributed by atoms with Gasteiger partial charge >= 0.3 is 0 Å². The van der Waals surface area contributed by atoms with Crippen molar-refractivity contribution >= 4 is 0 Å². The molecule has 0 aliphatic carbocycles. The number of hydrogen-bond donors (Lipinski definition) is 1. The second-order valence-corrected chi connectivity index (χ2v) is 4.83. The van der Waals surface area contributed by atoms with E-state index in [2.05, 4.69) is 12.2 Å². The Bertz CT molecular complexity index is 408. The number of methoxy groups -OCH3 is 3. The summed E-state index contributed by atoms with van der Waals surface area (Å²) < 4.78 is 16.4. The molecular weight excluding hydrogens is 242 g/mol. The lowest BCUT2D eigenvalue weighted by Gasteiger charge is -2.24. The molecule has 106 valence electrons. The average Bonchev–Trinajstić information content (AvgIpc) is 2.93. The molecule has 1 fully saturated rings. The van der Waals surface area contributed by atoms with E-state index < -0.39 is 0 Å². The highest BCUT2D eigenvalue weighted by atomic mass is 16.5. The maximum Gasteiger partial charge on any atom is 0.131 e. The van der Waals surface area contributed by atoms with E-state index in [1.54, 1.807) is 21.3 Å². The van der Waals surface area contributed by atoms with Gasteiger partial charge in [-0.3, -0.25) is 0 Å². The summed E-state index contributed by atoms with van der Waals surface area (Å²) in [5.41, 5.74) is 1.11. The van der Waals surface area contributed by atoms with Crippen molar-refractivity contribution in [3.63, 3.8) is 0 Å². The van der Waals surface area contributed by atoms with E-state index in [1.165, 1.54) is 6.42 Å². The Kier molecular flexibility index (Phi) is 4.53. The van der Waals surface area contributed by atoms with Crippen molar-refractivity contribution in [2.45, 2.75) is 25.8 Å². The first-order valence-corrected chi connectivity index (χ1v) is 6.78. The largest absolute Gasteiger partial charge is 0.496 e. The van der Waals surface area contributed by atoms with E-state index in [9.17, 15) is 0 Å². The molecule has 0 radical (unpaired) electrons. The quantitative estimate of drug-likeness (QED) is 0.888. The summed E-state index contributed by atoms with van der Waals surface area (Å²) in [6.45, 7) is 3.27. The van der Waals surface area contributed by atoms with E-state index in [4.69, 9.17) is 14.2 Å². The zero-order valence-electron chi connectivity index (χ0n) is 12.2. The van der Waals surface area contributed by atoms with Gasteiger partial charge < -0.3 is 19.5 Å². The third kappa shape index (κ3) is 2.63. The molecule has 1 aromatic rings. The molecule has 2 rings (SSSR count). The molecule has 1 aromatic carbocycles. The van der Waals surface area contributed by atoms with Crippen LogP contribution < -0.4 is 19.5 Å². The molecule has 1 aliphatic heterocycles. The van der Waals surface area contributed by atoms with Gasteiger partial charge in [-0.25, -0.2) is 0 Å². The summed E-state index contributed by atoms with van der Waals surface area (Å²) in [6, 6.07) is 4.13. The first-order chi connectivity index (χ1) is 9.24. The summed E-state index contributed by atoms with van der Waals surface area (Å²) in [5, 5.41) is 3.56. The van der Waals surface area contributed by atoms with Crippen molar-refractivity contribution in [3.8, 4) is 17.2 Å². The first-order valence-electron chi connectivity index (χ1n) is 6.78. The lowest BCUT2D eigenvalue weighted by molar-refractivity contribution is 0.347. The van der Waals surface area contributed by atoms with Crippen LogP contribution in [0.1, 0.15) is 31.4 Å². The fraction of sp³-hybridized carbons (Fsp3) is 0.600. The second-order valence-electron chi connectivity index (χ2n) is 4.83. The van der Waals surface area contributed by atoms with Gasteiger partial charge in [-0.05, 0) is 18.9 Å². The van der Waals surface area contributed by atoms with Crippen LogP contribution in [-0.4, -0.2) is 27.9 Å². The lowest BCUT2D eigenvalue weighted by Crippen LogP contribution is -2.19. The maximum atomic E-state index is 5.54. The molecule has 19 heavy (non-hydrogen) atoms. The highest BCUT2D eigenvalue weighted by Crippen LogP contribution is 2.44. The zero-order chi connectivity index (χ0) is 13.8. The Morgan fingerprint density at radius 3 is 2.21 bits per heavy atom. The van der Waals surface area contributed by atoms with Crippen LogP contribution in [0.5, 0.6) is 17.2 Å². The van der Waals surface area contributed by atoms with Gasteiger partial charge in [-0.15, -0.1) is 0 Å². The van der Waals surface area contributed by atoms with Crippen LogP contribution in [0.3, 0.4) is 0 Å². The Hall–Kier alpha value is -1.42. The lowest BCUT2D eigenvalue weighted by atomic mass is 9.91. The zero-order valence-corrected chi connectivity index (χ0v) is 12.2. The van der Waals surface area contributed by atoms with Gasteiger partial charge in [0.05, 0.1) is 26.9 Å². The summed E-state index contributed by atoms with van der Waals surface area (Å²) in [7, 11) is 5.03. The maximum absolute atomic E-state index is 5.54. The van der Waals surface area contributed by atoms with E-state index in [1.807, 2.05) is 12.1 Å². The normalized spacial score (nSPS) is 22.3. The molecule has 0 bridgehead atoms. The van der Waals surface area contributed by atoms with Gasteiger partial charge in [-0.2, -0.15) is 0 Å². The van der Waals surface area contributed by atoms with Crippen molar-refractivity contribution in [3.05, 3.63) is 17.7 Å². The van der Waals surface area contributed by atoms with Crippen molar-refractivity contribution in [2.75, 3.05) is 27.9 Å². The van der Waals surface area contributed by atoms with E-state index in [0.717, 1.165) is 35.8 Å². The van der Waals surface area contributed by atoms with Crippen molar-refractivity contribution in [1.29, 1.82) is 0 Å². The van der Waals surface area contributed by atoms with E-state index in [0.29, 0.717) is 12.0 Å². The fourth-order valence-electron chi connectivity index (χ4n) is 2.87. The molecule has 1 saturated heterocycles. The summed E-state index contributed by atoms with van der Waals surface area (Å²) in [4.78, 5) is 0. The van der Waals surface area contributed by atoms with Crippen LogP contribution in [0.15, 0.2) is 12.1 Å². The molecule has 4 heteroatoms. The Balaban J connectivity index is 2.47. The van der Waals surface area contributed by atoms with Crippen LogP contribution in [0.4, 0.5) is 0 Å². The van der Waals surface area contributed by atoms with Gasteiger partial charge in [-0.1, -0.05) is 13.3 Å². The second kappa shape index (κ2) is 6.15. The molecule has 4 nitrogen and oxygen atoms in total. The molecule has 2 unspecified atom stereocenters. The first kappa shape index (κ1) is 14.0. The number of benzene rings is 1. The van der Waals surface area contributed by atoms with Crippen LogP contribution in [0.2, 0.25) is 0 Å². The summed E-state index contributed by atoms with van der Waals surface area (Å²) >= 11 is 0. The number of nitrogens with one attached hydrogen (secondary N) is 1. The highest BCUT2D eigenvalue weighted by Gasteiger charge is 2.32. The summed E-state index contributed by atoms with van der Waals surface area (Å²) in [6.07, 6.45) is 2.34. The van der Waals surface area contributed by atoms with Gasteiger partial charge in [0.2, 0.25) is 0 Å². The molecule has 1 heterocycles. The molecule has 0 aromatic heterocycles. The van der Waals surface area contributed by atoms with Crippen LogP contribution in [0.25, 0.3) is 0 Å². The third-order valence-electron chi connectivity index (χ3n) is 3.94. The number of ether oxygens (including phenoxy) is 3. The summed E-state index contributed by atoms with van der Waals surface area (Å²) in [5.74, 6) is 3.03. The SMILES string of the molecule is CCC1CCNC1c1c(OC)cc(OC)cc1OC. The molecule has 0 spiro atoms. The fourth-order valence-corrected chi connectivity index (χ4v) is 2.87. The minimum atomic E-state index is 0.292. The molecular formula is C15H23NO3. The van der Waals surface area contributed by atoms with E-state index in [-0.39, 0.29) is 0 Å². The van der Waals surface area contributed by atoms with Gasteiger partial charge in [0, 0.05) is 18.2 Å². The van der Waals surface area contributed by atoms with Gasteiger partial charge in [0.1, 0.15) is 17.2 Å². The van der Waals surface area contributed by atoms with Crippen molar-refractivity contribution < 1.29 is 14.2 Å². The standard InChI is InChI=1S/C15H23NO3/c1-5-10-6-7-16-15(10)14-12(18-3)8-11(17-2)9-13(14)19-4/h8-10,15-16H,5-7H2,1-4H3. The predicted octanol–water partition coefficient (Wildman–Crippen LogP) is 2.77. The number of rotatable bonds is 5. The molecule has 1 N–H and O–H groups in total. The van der Waals surface area contributed by atoms with Crippen LogP contribution in [0, 0.1) is 5.92 Å².